The van der Waals surface area contributed by atoms with Crippen molar-refractivity contribution in [2.75, 3.05) is 0 Å². The molecule has 12 N–H and O–H groups in total. The number of hydrogen-bond acceptors (Lipinski definition) is 8. The summed E-state index contributed by atoms with van der Waals surface area (Å²) in [7, 11) is -10.3. The van der Waals surface area contributed by atoms with E-state index in [1.807, 2.05) is 0 Å². The first kappa shape index (κ1) is 88.6. The molecule has 0 aromatic rings. The van der Waals surface area contributed by atoms with E-state index in [1.54, 1.807) is 0 Å². The molecule has 0 saturated heterocycles. The van der Waals surface area contributed by atoms with Crippen molar-refractivity contribution >= 4 is 20.8 Å². The van der Waals surface area contributed by atoms with Gasteiger partial charge in [0, 0.05) is 20.8 Å². The van der Waals surface area contributed by atoms with Gasteiger partial charge in [0.15, 0.2) is 0 Å². The second-order valence-corrected chi connectivity index (χ2v) is 2.45. The minimum atomic E-state index is -5.17. The van der Waals surface area contributed by atoms with E-state index in [-0.39, 0.29) is 84.9 Å². The zero-order chi connectivity index (χ0) is 9.00. The van der Waals surface area contributed by atoms with Gasteiger partial charge in [-0.3, -0.25) is 16.8 Å². The molecule has 0 aromatic carbocycles. The fraction of sp³-hybridized carbons (Fsp3) is 0. The van der Waals surface area contributed by atoms with Crippen LogP contribution < -0.4 is 0 Å². The van der Waals surface area contributed by atoms with E-state index in [9.17, 15) is 0 Å². The van der Waals surface area contributed by atoms with E-state index < -0.39 is 20.8 Å². The van der Waals surface area contributed by atoms with Crippen molar-refractivity contribution < 1.29 is 120 Å². The third-order valence-corrected chi connectivity index (χ3v) is 0. The molecule has 0 atom stereocenters. The zero-order valence-corrected chi connectivity index (χ0v) is 13.8. The standard InChI is InChI=1S/3Cr.2H2O4S.6H2O/c;;;2*1-5(2,3)4;;;;;;/h;;;2*(H2,1,2,3,4);6*1H2/q3*+3;;;;;;;;/p-4. The third-order valence-electron chi connectivity index (χ3n) is 0. The Balaban J connectivity index is -0.00000000508. The Morgan fingerprint density at radius 3 is 0.421 bits per heavy atom. The Morgan fingerprint density at radius 1 is 0.421 bits per heavy atom. The molecule has 0 amide bonds. The minimum Gasteiger partial charge on any atom is -0.759 e. The van der Waals surface area contributed by atoms with Crippen LogP contribution in [0.2, 0.25) is 0 Å². The van der Waals surface area contributed by atoms with Gasteiger partial charge in [-0.15, -0.1) is 0 Å². The van der Waals surface area contributed by atoms with Gasteiger partial charge < -0.3 is 51.1 Å². The van der Waals surface area contributed by atoms with Gasteiger partial charge in [-0.25, -0.2) is 0 Å². The molecule has 0 saturated carbocycles. The van der Waals surface area contributed by atoms with Crippen LogP contribution in [-0.4, -0.2) is 67.9 Å². The normalized spacial score (nSPS) is 6.11. The molecule has 14 nitrogen and oxygen atoms in total. The Kier molecular flexibility index (Phi) is 170. The van der Waals surface area contributed by atoms with Crippen LogP contribution in [0.15, 0.2) is 0 Å². The van der Waals surface area contributed by atoms with E-state index in [2.05, 4.69) is 0 Å². The average Bonchev–Trinajstić information content (AvgIpc) is 1.12. The second-order valence-electron chi connectivity index (χ2n) is 0.816. The molecule has 0 bridgehead atoms. The van der Waals surface area contributed by atoms with Crippen LogP contribution in [0, 0.1) is 0 Å². The van der Waals surface area contributed by atoms with Crippen molar-refractivity contribution in [3.8, 4) is 0 Å². The van der Waals surface area contributed by atoms with Crippen molar-refractivity contribution in [3.63, 3.8) is 0 Å². The van der Waals surface area contributed by atoms with Crippen molar-refractivity contribution in [1.29, 1.82) is 0 Å². The molecular weight excluding hydrogens is 444 g/mol. The molecule has 0 aliphatic heterocycles. The summed E-state index contributed by atoms with van der Waals surface area (Å²) in [6, 6.07) is 0. The molecular formula is H12Cr3O14S2+5. The summed E-state index contributed by atoms with van der Waals surface area (Å²) >= 11 is 0. The van der Waals surface area contributed by atoms with Gasteiger partial charge >= 0.3 is 52.1 Å². The van der Waals surface area contributed by atoms with Crippen LogP contribution in [0.1, 0.15) is 0 Å². The zero-order valence-electron chi connectivity index (χ0n) is 8.31. The molecule has 0 aliphatic carbocycles. The maximum Gasteiger partial charge on any atom is 3.00 e. The number of hydrogen-bond donors (Lipinski definition) is 0. The molecule has 0 unspecified atom stereocenters. The van der Waals surface area contributed by atoms with Gasteiger partial charge in [0.25, 0.3) is 0 Å². The first-order valence-corrected chi connectivity index (χ1v) is 4.00. The first-order valence-electron chi connectivity index (χ1n) is 1.33. The predicted octanol–water partition coefficient (Wildman–Crippen LogP) is -7.63. The maximum absolute atomic E-state index is 8.52. The van der Waals surface area contributed by atoms with Gasteiger partial charge in [0.05, 0.1) is 0 Å². The molecule has 0 aromatic heterocycles. The van der Waals surface area contributed by atoms with Crippen molar-refractivity contribution in [1.82, 2.24) is 0 Å². The SMILES string of the molecule is O.O.O.O.O.O.O=S(=O)([O-])[O-].O=S(=O)([O-])[O-].[Cr+3].[Cr+3].[Cr+3]. The maximum atomic E-state index is 8.52. The largest absolute Gasteiger partial charge is 3.00 e. The molecule has 3 radical (unpaired) electrons. The van der Waals surface area contributed by atoms with Crippen LogP contribution in [0.3, 0.4) is 0 Å². The van der Waals surface area contributed by atoms with Gasteiger partial charge in [-0.2, -0.15) is 0 Å². The summed E-state index contributed by atoms with van der Waals surface area (Å²) in [5.41, 5.74) is 0. The minimum absolute atomic E-state index is 0. The quantitative estimate of drug-likeness (QED) is 0.248. The van der Waals surface area contributed by atoms with Gasteiger partial charge in [0.1, 0.15) is 0 Å². The Bertz CT molecular complexity index is 217. The van der Waals surface area contributed by atoms with Crippen LogP contribution >= 0.6 is 0 Å². The summed E-state index contributed by atoms with van der Waals surface area (Å²) in [6.07, 6.45) is 0. The van der Waals surface area contributed by atoms with E-state index in [4.69, 9.17) is 35.0 Å². The Morgan fingerprint density at radius 2 is 0.421 bits per heavy atom. The van der Waals surface area contributed by atoms with Gasteiger partial charge in [0.2, 0.25) is 0 Å². The van der Waals surface area contributed by atoms with Gasteiger partial charge in [-0.05, 0) is 0 Å². The smallest absolute Gasteiger partial charge is 0.759 e. The van der Waals surface area contributed by atoms with Crippen LogP contribution in [0.4, 0.5) is 0 Å². The second kappa shape index (κ2) is 36.5. The molecule has 0 fully saturated rings. The fourth-order valence-corrected chi connectivity index (χ4v) is 0. The fourth-order valence-electron chi connectivity index (χ4n) is 0. The predicted molar refractivity (Wildman–Crippen MR) is 42.6 cm³/mol. The van der Waals surface area contributed by atoms with E-state index in [0.717, 1.165) is 0 Å². The van der Waals surface area contributed by atoms with Crippen LogP contribution in [-0.2, 0) is 72.9 Å². The number of rotatable bonds is 0. The average molecular weight is 456 g/mol. The molecule has 121 valence electrons. The summed E-state index contributed by atoms with van der Waals surface area (Å²) in [5.74, 6) is 0. The summed E-state index contributed by atoms with van der Waals surface area (Å²) in [5, 5.41) is 0. The van der Waals surface area contributed by atoms with Crippen molar-refractivity contribution in [2.45, 2.75) is 0 Å². The van der Waals surface area contributed by atoms with E-state index in [1.165, 1.54) is 0 Å². The monoisotopic (exact) mass is 456 g/mol. The molecule has 0 spiro atoms. The third kappa shape index (κ3) is 4640. The summed E-state index contributed by atoms with van der Waals surface area (Å²) in [4.78, 5) is 0. The molecule has 0 aliphatic rings. The van der Waals surface area contributed by atoms with E-state index >= 15 is 0 Å². The Hall–Kier alpha value is 1.10. The van der Waals surface area contributed by atoms with Crippen molar-refractivity contribution in [2.24, 2.45) is 0 Å². The van der Waals surface area contributed by atoms with Gasteiger partial charge in [-0.1, -0.05) is 0 Å². The Labute approximate surface area is 140 Å². The summed E-state index contributed by atoms with van der Waals surface area (Å²) < 4.78 is 68.2. The molecule has 0 rings (SSSR count). The van der Waals surface area contributed by atoms with Crippen LogP contribution in [0.5, 0.6) is 0 Å². The van der Waals surface area contributed by atoms with Crippen LogP contribution in [0.25, 0.3) is 0 Å². The molecule has 19 heavy (non-hydrogen) atoms. The summed E-state index contributed by atoms with van der Waals surface area (Å²) in [6.45, 7) is 0. The molecule has 0 heterocycles. The van der Waals surface area contributed by atoms with E-state index in [0.29, 0.717) is 0 Å². The first-order chi connectivity index (χ1) is 4.00. The molecule has 19 heteroatoms. The topological polar surface area (TPSA) is 350 Å². The van der Waals surface area contributed by atoms with Crippen molar-refractivity contribution in [3.05, 3.63) is 0 Å².